The minimum Gasteiger partial charge on any atom is -0.354 e. The summed E-state index contributed by atoms with van der Waals surface area (Å²) in [7, 11) is 0. The van der Waals surface area contributed by atoms with Gasteiger partial charge in [-0.05, 0) is 36.5 Å². The van der Waals surface area contributed by atoms with E-state index in [-0.39, 0.29) is 17.4 Å². The first-order chi connectivity index (χ1) is 9.16. The third-order valence-corrected chi connectivity index (χ3v) is 4.34. The van der Waals surface area contributed by atoms with Gasteiger partial charge in [0.15, 0.2) is 4.77 Å². The second kappa shape index (κ2) is 4.90. The van der Waals surface area contributed by atoms with Crippen molar-refractivity contribution in [1.29, 1.82) is 0 Å². The lowest BCUT2D eigenvalue weighted by atomic mass is 10.4. The molecule has 0 aromatic carbocycles. The van der Waals surface area contributed by atoms with Gasteiger partial charge in [-0.1, -0.05) is 0 Å². The molecule has 1 amide bonds. The minimum atomic E-state index is -0.0966. The summed E-state index contributed by atoms with van der Waals surface area (Å²) in [6.45, 7) is 0.834. The summed E-state index contributed by atoms with van der Waals surface area (Å²) in [5.41, 5.74) is -0.0966. The number of thiophene rings is 1. The van der Waals surface area contributed by atoms with Crippen LogP contribution in [0, 0.1) is 10.7 Å². The van der Waals surface area contributed by atoms with Crippen molar-refractivity contribution in [2.45, 2.75) is 19.4 Å². The summed E-state index contributed by atoms with van der Waals surface area (Å²) in [5, 5.41) is 5.34. The van der Waals surface area contributed by atoms with Crippen molar-refractivity contribution >= 4 is 39.7 Å². The molecule has 1 aliphatic carbocycles. The maximum Gasteiger partial charge on any atom is 0.263 e. The Labute approximate surface area is 118 Å². The Morgan fingerprint density at radius 1 is 1.58 bits per heavy atom. The zero-order chi connectivity index (χ0) is 13.4. The molecule has 1 saturated carbocycles. The van der Waals surface area contributed by atoms with E-state index in [0.29, 0.717) is 23.2 Å². The normalized spacial score (nSPS) is 14.7. The average molecular weight is 295 g/mol. The van der Waals surface area contributed by atoms with Crippen molar-refractivity contribution in [3.63, 3.8) is 0 Å². The number of hydrogen-bond donors (Lipinski definition) is 2. The number of carbonyl (C=O) groups is 1. The number of hydrogen-bond acceptors (Lipinski definition) is 4. The maximum absolute atomic E-state index is 12.2. The van der Waals surface area contributed by atoms with Crippen LogP contribution in [0.1, 0.15) is 12.8 Å². The van der Waals surface area contributed by atoms with E-state index in [0.717, 1.165) is 17.7 Å². The number of rotatable bonds is 4. The van der Waals surface area contributed by atoms with Crippen molar-refractivity contribution in [3.05, 3.63) is 26.6 Å². The number of nitrogens with one attached hydrogen (secondary N) is 2. The highest BCUT2D eigenvalue weighted by Gasteiger charge is 2.29. The number of fused-ring (bicyclic) bond motifs is 1. The van der Waals surface area contributed by atoms with Crippen molar-refractivity contribution < 1.29 is 4.79 Å². The van der Waals surface area contributed by atoms with Crippen LogP contribution in [-0.2, 0) is 11.3 Å². The highest BCUT2D eigenvalue weighted by atomic mass is 32.1. The van der Waals surface area contributed by atoms with E-state index < -0.39 is 0 Å². The van der Waals surface area contributed by atoms with Crippen LogP contribution in [0.2, 0.25) is 0 Å². The predicted octanol–water partition coefficient (Wildman–Crippen LogP) is 1.65. The molecule has 1 aliphatic rings. The molecule has 2 aromatic heterocycles. The van der Waals surface area contributed by atoms with Crippen LogP contribution in [0.3, 0.4) is 0 Å². The number of aromatic amines is 1. The highest BCUT2D eigenvalue weighted by molar-refractivity contribution is 7.71. The van der Waals surface area contributed by atoms with Gasteiger partial charge in [-0.25, -0.2) is 0 Å². The van der Waals surface area contributed by atoms with E-state index in [1.807, 2.05) is 5.38 Å². The van der Waals surface area contributed by atoms with Gasteiger partial charge in [-0.3, -0.25) is 14.2 Å². The van der Waals surface area contributed by atoms with Gasteiger partial charge in [0, 0.05) is 19.0 Å². The first kappa shape index (κ1) is 12.6. The molecule has 0 saturated heterocycles. The number of nitrogens with zero attached hydrogens (tertiary/aromatic N) is 1. The molecule has 2 N–H and O–H groups in total. The monoisotopic (exact) mass is 295 g/mol. The fourth-order valence-corrected chi connectivity index (χ4v) is 3.08. The van der Waals surface area contributed by atoms with E-state index in [4.69, 9.17) is 12.2 Å². The Hall–Kier alpha value is -1.47. The lowest BCUT2D eigenvalue weighted by molar-refractivity contribution is -0.122. The summed E-state index contributed by atoms with van der Waals surface area (Å²) >= 11 is 6.64. The van der Waals surface area contributed by atoms with Crippen molar-refractivity contribution in [2.75, 3.05) is 6.54 Å². The molecule has 0 bridgehead atoms. The standard InChI is InChI=1S/C12H13N3O2S2/c16-9(7-1-2-7)13-4-5-15-11(17)8-3-6-19-10(8)14-12(15)18/h3,6-7H,1-2,4-5H2,(H,13,16)(H,14,18). The summed E-state index contributed by atoms with van der Waals surface area (Å²) in [4.78, 5) is 27.5. The van der Waals surface area contributed by atoms with E-state index in [1.165, 1.54) is 15.9 Å². The largest absolute Gasteiger partial charge is 0.354 e. The molecule has 100 valence electrons. The Bertz CT molecular complexity index is 739. The fourth-order valence-electron chi connectivity index (χ4n) is 1.96. The maximum atomic E-state index is 12.2. The van der Waals surface area contributed by atoms with Gasteiger partial charge in [0.2, 0.25) is 5.91 Å². The molecular formula is C12H13N3O2S2. The second-order valence-corrected chi connectivity index (χ2v) is 5.92. The van der Waals surface area contributed by atoms with Crippen LogP contribution in [0.4, 0.5) is 0 Å². The third kappa shape index (κ3) is 2.48. The molecule has 0 spiro atoms. The van der Waals surface area contributed by atoms with Crippen molar-refractivity contribution in [1.82, 2.24) is 14.9 Å². The van der Waals surface area contributed by atoms with Crippen LogP contribution in [0.15, 0.2) is 16.2 Å². The third-order valence-electron chi connectivity index (χ3n) is 3.19. The predicted molar refractivity (Wildman–Crippen MR) is 77.0 cm³/mol. The Balaban J connectivity index is 1.78. The van der Waals surface area contributed by atoms with Gasteiger partial charge in [-0.15, -0.1) is 11.3 Å². The number of carbonyl (C=O) groups excluding carboxylic acids is 1. The average Bonchev–Trinajstić information content (AvgIpc) is 3.13. The number of H-pyrrole nitrogens is 1. The summed E-state index contributed by atoms with van der Waals surface area (Å²) in [5.74, 6) is 0.269. The molecule has 7 heteroatoms. The van der Waals surface area contributed by atoms with Gasteiger partial charge in [0.05, 0.1) is 5.39 Å². The van der Waals surface area contributed by atoms with Gasteiger partial charge in [0.1, 0.15) is 4.83 Å². The van der Waals surface area contributed by atoms with Crippen LogP contribution >= 0.6 is 23.6 Å². The first-order valence-electron chi connectivity index (χ1n) is 6.15. The highest BCUT2D eigenvalue weighted by Crippen LogP contribution is 2.28. The van der Waals surface area contributed by atoms with Crippen LogP contribution in [-0.4, -0.2) is 22.0 Å². The number of aromatic nitrogens is 2. The second-order valence-electron chi connectivity index (χ2n) is 4.62. The van der Waals surface area contributed by atoms with Gasteiger partial charge < -0.3 is 10.3 Å². The van der Waals surface area contributed by atoms with Crippen molar-refractivity contribution in [3.8, 4) is 0 Å². The smallest absolute Gasteiger partial charge is 0.263 e. The zero-order valence-corrected chi connectivity index (χ0v) is 11.8. The summed E-state index contributed by atoms with van der Waals surface area (Å²) in [6, 6.07) is 1.78. The molecule has 0 atom stereocenters. The first-order valence-corrected chi connectivity index (χ1v) is 7.43. The SMILES string of the molecule is O=C(NCCn1c(=S)[nH]c2sccc2c1=O)C1CC1. The van der Waals surface area contributed by atoms with Gasteiger partial charge in [0.25, 0.3) is 5.56 Å². The zero-order valence-electron chi connectivity index (χ0n) is 10.1. The molecule has 2 heterocycles. The van der Waals surface area contributed by atoms with Crippen LogP contribution in [0.25, 0.3) is 10.2 Å². The van der Waals surface area contributed by atoms with Crippen molar-refractivity contribution in [2.24, 2.45) is 5.92 Å². The fraction of sp³-hybridized carbons (Fsp3) is 0.417. The molecule has 5 nitrogen and oxygen atoms in total. The van der Waals surface area contributed by atoms with Crippen LogP contribution < -0.4 is 10.9 Å². The van der Waals surface area contributed by atoms with E-state index in [2.05, 4.69) is 10.3 Å². The van der Waals surface area contributed by atoms with E-state index in [9.17, 15) is 9.59 Å². The molecule has 0 unspecified atom stereocenters. The van der Waals surface area contributed by atoms with E-state index in [1.54, 1.807) is 6.07 Å². The van der Waals surface area contributed by atoms with Gasteiger partial charge >= 0.3 is 0 Å². The summed E-state index contributed by atoms with van der Waals surface area (Å²) < 4.78 is 1.90. The minimum absolute atomic E-state index is 0.0829. The molecule has 3 rings (SSSR count). The molecular weight excluding hydrogens is 282 g/mol. The van der Waals surface area contributed by atoms with Crippen LogP contribution in [0.5, 0.6) is 0 Å². The lowest BCUT2D eigenvalue weighted by Gasteiger charge is -2.07. The number of amides is 1. The molecule has 2 aromatic rings. The topological polar surface area (TPSA) is 66.9 Å². The van der Waals surface area contributed by atoms with Gasteiger partial charge in [-0.2, -0.15) is 0 Å². The molecule has 0 radical (unpaired) electrons. The Morgan fingerprint density at radius 3 is 3.11 bits per heavy atom. The molecule has 19 heavy (non-hydrogen) atoms. The van der Waals surface area contributed by atoms with E-state index >= 15 is 0 Å². The molecule has 0 aliphatic heterocycles. The molecule has 1 fully saturated rings. The Morgan fingerprint density at radius 2 is 2.37 bits per heavy atom. The lowest BCUT2D eigenvalue weighted by Crippen LogP contribution is -2.32. The quantitative estimate of drug-likeness (QED) is 0.843. The summed E-state index contributed by atoms with van der Waals surface area (Å²) in [6.07, 6.45) is 1.96. The Kier molecular flexibility index (Phi) is 3.24.